The zero-order chi connectivity index (χ0) is 16.5. The Morgan fingerprint density at radius 1 is 1.14 bits per heavy atom. The lowest BCUT2D eigenvalue weighted by Crippen LogP contribution is -2.59. The summed E-state index contributed by atoms with van der Waals surface area (Å²) in [5, 5.41) is 10.2. The smallest absolute Gasteiger partial charge is 0.306 e. The lowest BCUT2D eigenvalue weighted by atomic mass is 9.81. The van der Waals surface area contributed by atoms with Gasteiger partial charge in [0.25, 0.3) is 0 Å². The van der Waals surface area contributed by atoms with Gasteiger partial charge in [0.1, 0.15) is 18.3 Å². The minimum absolute atomic E-state index is 0.0170. The van der Waals surface area contributed by atoms with Gasteiger partial charge in [-0.25, -0.2) is 0 Å². The highest BCUT2D eigenvalue weighted by atomic mass is 16.6. The molecule has 3 heterocycles. The fourth-order valence-electron chi connectivity index (χ4n) is 3.10. The quantitative estimate of drug-likeness (QED) is 0.675. The molecule has 6 nitrogen and oxygen atoms in total. The molecule has 0 aromatic carbocycles. The standard InChI is InChI=1S/C16H24O6/c1-10-5-4-8-16(3)14(19)11(22-16)6-7-12(17)21-9-15(2,20)13(10)18/h10-11,20H,4-9H2,1-3H3/t10-,11?,15+,16+/m0/s1. The van der Waals surface area contributed by atoms with Crippen LogP contribution in [-0.2, 0) is 23.9 Å². The average Bonchev–Trinajstić information content (AvgIpc) is 2.47. The van der Waals surface area contributed by atoms with Crippen molar-refractivity contribution in [3.05, 3.63) is 0 Å². The summed E-state index contributed by atoms with van der Waals surface area (Å²) in [5.41, 5.74) is -2.47. The average molecular weight is 312 g/mol. The number of carbonyl (C=O) groups is 3. The van der Waals surface area contributed by atoms with Crippen molar-refractivity contribution < 1.29 is 29.0 Å². The first kappa shape index (κ1) is 17.1. The van der Waals surface area contributed by atoms with Crippen LogP contribution in [-0.4, -0.2) is 46.6 Å². The van der Waals surface area contributed by atoms with E-state index in [1.807, 2.05) is 0 Å². The second kappa shape index (κ2) is 6.08. The van der Waals surface area contributed by atoms with Gasteiger partial charge in [0, 0.05) is 12.3 Å². The number of rotatable bonds is 0. The van der Waals surface area contributed by atoms with Crippen LogP contribution in [0.15, 0.2) is 0 Å². The predicted molar refractivity (Wildman–Crippen MR) is 77.1 cm³/mol. The van der Waals surface area contributed by atoms with E-state index in [0.717, 1.165) is 0 Å². The van der Waals surface area contributed by atoms with Crippen molar-refractivity contribution in [2.24, 2.45) is 5.92 Å². The van der Waals surface area contributed by atoms with E-state index in [2.05, 4.69) is 0 Å². The van der Waals surface area contributed by atoms with Crippen LogP contribution in [0.3, 0.4) is 0 Å². The number of Topliss-reactive ketones (excluding diaryl/α,β-unsaturated/α-hetero) is 2. The number of esters is 1. The molecular formula is C16H24O6. The molecule has 4 atom stereocenters. The fourth-order valence-corrected chi connectivity index (χ4v) is 3.10. The monoisotopic (exact) mass is 312 g/mol. The summed E-state index contributed by atoms with van der Waals surface area (Å²) in [7, 11) is 0. The van der Waals surface area contributed by atoms with Crippen molar-refractivity contribution in [3.63, 3.8) is 0 Å². The Balaban J connectivity index is 2.08. The molecule has 3 aliphatic rings. The molecule has 0 saturated carbocycles. The van der Waals surface area contributed by atoms with Gasteiger partial charge in [-0.05, 0) is 39.5 Å². The summed E-state index contributed by atoms with van der Waals surface area (Å²) < 4.78 is 10.6. The van der Waals surface area contributed by atoms with Crippen LogP contribution in [0.25, 0.3) is 0 Å². The Labute approximate surface area is 130 Å². The molecule has 124 valence electrons. The Kier molecular flexibility index (Phi) is 4.73. The molecule has 3 fully saturated rings. The Bertz CT molecular complexity index is 483. The molecule has 6 heteroatoms. The minimum atomic E-state index is -1.67. The summed E-state index contributed by atoms with van der Waals surface area (Å²) in [6, 6.07) is 0. The fraction of sp³-hybridized carbons (Fsp3) is 0.812. The molecule has 1 N–H and O–H groups in total. The normalized spacial score (nSPS) is 41.4. The molecule has 1 unspecified atom stereocenters. The van der Waals surface area contributed by atoms with E-state index < -0.39 is 23.3 Å². The Morgan fingerprint density at radius 3 is 2.45 bits per heavy atom. The lowest BCUT2D eigenvalue weighted by molar-refractivity contribution is -0.201. The first-order valence-electron chi connectivity index (χ1n) is 7.80. The van der Waals surface area contributed by atoms with Crippen molar-refractivity contribution >= 4 is 17.5 Å². The first-order valence-corrected chi connectivity index (χ1v) is 7.80. The molecule has 0 aromatic rings. The molecule has 0 spiro atoms. The lowest BCUT2D eigenvalue weighted by Gasteiger charge is -2.44. The number of ketones is 2. The van der Waals surface area contributed by atoms with Gasteiger partial charge in [0.15, 0.2) is 17.2 Å². The van der Waals surface area contributed by atoms with Crippen molar-refractivity contribution in [3.8, 4) is 0 Å². The zero-order valence-corrected chi connectivity index (χ0v) is 13.4. The first-order chi connectivity index (χ1) is 10.2. The van der Waals surface area contributed by atoms with Crippen LogP contribution in [0.2, 0.25) is 0 Å². The maximum Gasteiger partial charge on any atom is 0.306 e. The molecule has 0 amide bonds. The summed E-state index contributed by atoms with van der Waals surface area (Å²) in [4.78, 5) is 36.0. The van der Waals surface area contributed by atoms with E-state index >= 15 is 0 Å². The Hall–Kier alpha value is -1.27. The van der Waals surface area contributed by atoms with Crippen molar-refractivity contribution in [1.29, 1.82) is 0 Å². The highest BCUT2D eigenvalue weighted by molar-refractivity contribution is 5.96. The van der Waals surface area contributed by atoms with E-state index in [4.69, 9.17) is 9.47 Å². The summed E-state index contributed by atoms with van der Waals surface area (Å²) in [6.07, 6.45) is 1.54. The molecule has 2 bridgehead atoms. The van der Waals surface area contributed by atoms with Gasteiger partial charge < -0.3 is 14.6 Å². The molecular weight excluding hydrogens is 288 g/mol. The largest absolute Gasteiger partial charge is 0.462 e. The molecule has 3 rings (SSSR count). The van der Waals surface area contributed by atoms with Crippen LogP contribution in [0.5, 0.6) is 0 Å². The van der Waals surface area contributed by atoms with Crippen LogP contribution < -0.4 is 0 Å². The van der Waals surface area contributed by atoms with Crippen LogP contribution in [0, 0.1) is 5.92 Å². The molecule has 0 aromatic heterocycles. The van der Waals surface area contributed by atoms with Crippen LogP contribution >= 0.6 is 0 Å². The van der Waals surface area contributed by atoms with Crippen molar-refractivity contribution in [2.75, 3.05) is 6.61 Å². The third-order valence-corrected chi connectivity index (χ3v) is 4.61. The molecule has 3 aliphatic heterocycles. The highest BCUT2D eigenvalue weighted by Crippen LogP contribution is 2.36. The maximum atomic E-state index is 12.2. The zero-order valence-electron chi connectivity index (χ0n) is 13.4. The van der Waals surface area contributed by atoms with Gasteiger partial charge in [-0.15, -0.1) is 0 Å². The highest BCUT2D eigenvalue weighted by Gasteiger charge is 2.50. The molecule has 0 aliphatic carbocycles. The van der Waals surface area contributed by atoms with Gasteiger partial charge in [0.2, 0.25) is 0 Å². The topological polar surface area (TPSA) is 89.9 Å². The second-order valence-electron chi connectivity index (χ2n) is 6.83. The summed E-state index contributed by atoms with van der Waals surface area (Å²) >= 11 is 0. The minimum Gasteiger partial charge on any atom is -0.462 e. The number of hydrogen-bond acceptors (Lipinski definition) is 6. The maximum absolute atomic E-state index is 12.2. The SMILES string of the molecule is C[C@H]1CCC[C@@]2(C)OC(CCC(=O)OC[C@@](C)(O)C1=O)C2=O. The van der Waals surface area contributed by atoms with E-state index in [9.17, 15) is 19.5 Å². The van der Waals surface area contributed by atoms with Gasteiger partial charge in [-0.3, -0.25) is 14.4 Å². The third-order valence-electron chi connectivity index (χ3n) is 4.61. The van der Waals surface area contributed by atoms with E-state index in [0.29, 0.717) is 19.3 Å². The molecule has 3 saturated heterocycles. The number of ether oxygens (including phenoxy) is 2. The third kappa shape index (κ3) is 3.38. The number of carbonyl (C=O) groups excluding carboxylic acids is 3. The summed E-state index contributed by atoms with van der Waals surface area (Å²) in [5.74, 6) is -1.24. The molecule has 22 heavy (non-hydrogen) atoms. The van der Waals surface area contributed by atoms with E-state index in [-0.39, 0.29) is 36.9 Å². The van der Waals surface area contributed by atoms with Crippen LogP contribution in [0.4, 0.5) is 0 Å². The van der Waals surface area contributed by atoms with Crippen LogP contribution in [0.1, 0.15) is 52.9 Å². The predicted octanol–water partition coefficient (Wildman–Crippen LogP) is 1.18. The van der Waals surface area contributed by atoms with Gasteiger partial charge in [0.05, 0.1) is 0 Å². The number of hydrogen-bond donors (Lipinski definition) is 1. The van der Waals surface area contributed by atoms with Crippen molar-refractivity contribution in [2.45, 2.75) is 70.2 Å². The van der Waals surface area contributed by atoms with Gasteiger partial charge in [-0.1, -0.05) is 6.92 Å². The number of fused-ring (bicyclic) bond motifs is 10. The number of aliphatic hydroxyl groups is 1. The van der Waals surface area contributed by atoms with Gasteiger partial charge in [-0.2, -0.15) is 0 Å². The summed E-state index contributed by atoms with van der Waals surface area (Å²) in [6.45, 7) is 4.50. The second-order valence-corrected chi connectivity index (χ2v) is 6.83. The van der Waals surface area contributed by atoms with E-state index in [1.165, 1.54) is 6.92 Å². The van der Waals surface area contributed by atoms with Gasteiger partial charge >= 0.3 is 5.97 Å². The molecule has 0 radical (unpaired) electrons. The van der Waals surface area contributed by atoms with Crippen molar-refractivity contribution in [1.82, 2.24) is 0 Å². The Morgan fingerprint density at radius 2 is 1.82 bits per heavy atom. The van der Waals surface area contributed by atoms with E-state index in [1.54, 1.807) is 13.8 Å².